The largest absolute Gasteiger partial charge is 0.456 e. The van der Waals surface area contributed by atoms with Crippen LogP contribution in [0.4, 0.5) is 17.1 Å². The zero-order valence-corrected chi connectivity index (χ0v) is 37.5. The minimum Gasteiger partial charge on any atom is -0.456 e. The van der Waals surface area contributed by atoms with Crippen LogP contribution in [-0.2, 0) is 5.41 Å². The van der Waals surface area contributed by atoms with Crippen LogP contribution in [0.1, 0.15) is 22.3 Å². The maximum Gasteiger partial charge on any atom is 0.136 e. The van der Waals surface area contributed by atoms with Gasteiger partial charge in [-0.05, 0) is 136 Å². The van der Waals surface area contributed by atoms with Crippen LogP contribution in [-0.4, -0.2) is 0 Å². The fourth-order valence-electron chi connectivity index (χ4n) is 12.4. The molecule has 0 saturated carbocycles. The molecule has 0 saturated heterocycles. The lowest BCUT2D eigenvalue weighted by molar-refractivity contribution is 0.669. The predicted molar refractivity (Wildman–Crippen MR) is 288 cm³/mol. The van der Waals surface area contributed by atoms with Gasteiger partial charge in [0.1, 0.15) is 11.2 Å². The highest BCUT2D eigenvalue weighted by Crippen LogP contribution is 2.65. The van der Waals surface area contributed by atoms with Gasteiger partial charge in [-0.3, -0.25) is 0 Å². The normalized spacial score (nSPS) is 13.0. The number of hydrogen-bond acceptors (Lipinski definition) is 2. The summed E-state index contributed by atoms with van der Waals surface area (Å²) in [4.78, 5) is 2.53. The molecule has 0 atom stereocenters. The Hall–Kier alpha value is -8.98. The number of para-hydroxylation sites is 1. The van der Waals surface area contributed by atoms with Gasteiger partial charge in [0.2, 0.25) is 0 Å². The Morgan fingerprint density at radius 3 is 1.36 bits per heavy atom. The Morgan fingerprint density at radius 1 is 0.290 bits per heavy atom. The molecule has 0 aliphatic heterocycles. The molecule has 0 fully saturated rings. The van der Waals surface area contributed by atoms with Crippen LogP contribution in [0.25, 0.3) is 98.8 Å². The Bertz CT molecular complexity index is 4150. The van der Waals surface area contributed by atoms with Crippen LogP contribution < -0.4 is 4.90 Å². The van der Waals surface area contributed by atoms with Crippen molar-refractivity contribution < 1.29 is 4.42 Å². The van der Waals surface area contributed by atoms with Crippen LogP contribution in [0.2, 0.25) is 0 Å². The molecule has 1 spiro atoms. The van der Waals surface area contributed by atoms with E-state index in [1.165, 1.54) is 93.5 Å². The van der Waals surface area contributed by atoms with Gasteiger partial charge in [0.15, 0.2) is 0 Å². The van der Waals surface area contributed by atoms with Gasteiger partial charge in [-0.25, -0.2) is 0 Å². The molecule has 0 unspecified atom stereocenters. The van der Waals surface area contributed by atoms with Crippen molar-refractivity contribution >= 4 is 71.3 Å². The first-order chi connectivity index (χ1) is 34.2. The molecule has 1 heterocycles. The van der Waals surface area contributed by atoms with Crippen molar-refractivity contribution in [3.8, 4) is 44.5 Å². The monoisotopic (exact) mass is 875 g/mol. The van der Waals surface area contributed by atoms with Crippen molar-refractivity contribution in [2.75, 3.05) is 4.90 Å². The molecule has 2 nitrogen and oxygen atoms in total. The van der Waals surface area contributed by atoms with E-state index in [1.54, 1.807) is 0 Å². The summed E-state index contributed by atoms with van der Waals surface area (Å²) in [7, 11) is 0. The number of furan rings is 1. The number of fused-ring (bicyclic) bond motifs is 19. The Balaban J connectivity index is 0.939. The van der Waals surface area contributed by atoms with E-state index in [0.717, 1.165) is 44.6 Å². The lowest BCUT2D eigenvalue weighted by atomic mass is 9.70. The zero-order valence-electron chi connectivity index (χ0n) is 37.5. The smallest absolute Gasteiger partial charge is 0.136 e. The molecule has 12 aromatic carbocycles. The van der Waals surface area contributed by atoms with Gasteiger partial charge in [-0.1, -0.05) is 206 Å². The SMILES string of the molecule is c1ccc2c(c1)-c1ccccc1C21c2ccccc2-c2cccc(N(c3ccc(-c4ccc(-c5cccc6oc7ccccc7c56)cc4)cc3)c3ccc4c5ccccc5c5ccccc5c4c3)c21. The second-order valence-corrected chi connectivity index (χ2v) is 18.6. The molecule has 2 aliphatic carbocycles. The van der Waals surface area contributed by atoms with Crippen LogP contribution >= 0.6 is 0 Å². The van der Waals surface area contributed by atoms with Crippen molar-refractivity contribution in [2.24, 2.45) is 0 Å². The summed E-state index contributed by atoms with van der Waals surface area (Å²) in [5, 5.41) is 9.86. The summed E-state index contributed by atoms with van der Waals surface area (Å²) in [6.07, 6.45) is 0. The van der Waals surface area contributed by atoms with E-state index in [4.69, 9.17) is 4.42 Å². The van der Waals surface area contributed by atoms with Crippen molar-refractivity contribution in [1.82, 2.24) is 0 Å². The van der Waals surface area contributed by atoms with Gasteiger partial charge >= 0.3 is 0 Å². The molecule has 320 valence electrons. The van der Waals surface area contributed by atoms with E-state index in [1.807, 2.05) is 12.1 Å². The fraction of sp³-hybridized carbons (Fsp3) is 0.0149. The van der Waals surface area contributed by atoms with Crippen molar-refractivity contribution in [1.29, 1.82) is 0 Å². The minimum atomic E-state index is -0.525. The van der Waals surface area contributed by atoms with E-state index in [9.17, 15) is 0 Å². The second-order valence-electron chi connectivity index (χ2n) is 18.6. The summed E-state index contributed by atoms with van der Waals surface area (Å²) < 4.78 is 6.25. The van der Waals surface area contributed by atoms with Crippen molar-refractivity contribution in [3.05, 3.63) is 271 Å². The topological polar surface area (TPSA) is 16.4 Å². The fourth-order valence-corrected chi connectivity index (χ4v) is 12.4. The number of nitrogens with zero attached hydrogens (tertiary/aromatic N) is 1. The highest BCUT2D eigenvalue weighted by Gasteiger charge is 2.53. The van der Waals surface area contributed by atoms with Gasteiger partial charge in [0.05, 0.1) is 11.1 Å². The first-order valence-corrected chi connectivity index (χ1v) is 23.9. The molecule has 1 aromatic heterocycles. The van der Waals surface area contributed by atoms with E-state index in [-0.39, 0.29) is 0 Å². The molecule has 0 amide bonds. The van der Waals surface area contributed by atoms with E-state index in [2.05, 4.69) is 241 Å². The zero-order chi connectivity index (χ0) is 45.2. The lowest BCUT2D eigenvalue weighted by Gasteiger charge is -2.36. The van der Waals surface area contributed by atoms with E-state index in [0.29, 0.717) is 0 Å². The van der Waals surface area contributed by atoms with Crippen molar-refractivity contribution in [2.45, 2.75) is 5.41 Å². The molecule has 2 aliphatic rings. The summed E-state index contributed by atoms with van der Waals surface area (Å²) in [6.45, 7) is 0. The van der Waals surface area contributed by atoms with E-state index < -0.39 is 5.41 Å². The average Bonchev–Trinajstić information content (AvgIpc) is 4.06. The lowest BCUT2D eigenvalue weighted by Crippen LogP contribution is -2.28. The third kappa shape index (κ3) is 5.31. The van der Waals surface area contributed by atoms with Crippen LogP contribution in [0.15, 0.2) is 253 Å². The Kier molecular flexibility index (Phi) is 8.02. The molecule has 2 heteroatoms. The minimum absolute atomic E-state index is 0.525. The van der Waals surface area contributed by atoms with E-state index >= 15 is 0 Å². The highest BCUT2D eigenvalue weighted by molar-refractivity contribution is 6.26. The van der Waals surface area contributed by atoms with Gasteiger partial charge in [0.25, 0.3) is 0 Å². The second kappa shape index (κ2) is 14.5. The molecule has 15 rings (SSSR count). The molecule has 0 radical (unpaired) electrons. The summed E-state index contributed by atoms with van der Waals surface area (Å²) in [5.41, 5.74) is 19.8. The number of hydrogen-bond donors (Lipinski definition) is 0. The molecular weight excluding hydrogens is 835 g/mol. The number of rotatable bonds is 5. The third-order valence-corrected chi connectivity index (χ3v) is 15.3. The maximum atomic E-state index is 6.25. The Labute approximate surface area is 399 Å². The molecular formula is C67H41NO. The summed E-state index contributed by atoms with van der Waals surface area (Å²) in [5.74, 6) is 0. The first kappa shape index (κ1) is 38.2. The van der Waals surface area contributed by atoms with Gasteiger partial charge in [-0.2, -0.15) is 0 Å². The van der Waals surface area contributed by atoms with Crippen LogP contribution in [0.5, 0.6) is 0 Å². The number of anilines is 3. The van der Waals surface area contributed by atoms with Gasteiger partial charge < -0.3 is 9.32 Å². The number of benzene rings is 12. The molecule has 0 N–H and O–H groups in total. The maximum absolute atomic E-state index is 6.25. The summed E-state index contributed by atoms with van der Waals surface area (Å²) in [6, 6.07) is 92.0. The third-order valence-electron chi connectivity index (χ3n) is 15.3. The average molecular weight is 876 g/mol. The summed E-state index contributed by atoms with van der Waals surface area (Å²) >= 11 is 0. The molecule has 0 bridgehead atoms. The molecule has 13 aromatic rings. The van der Waals surface area contributed by atoms with Crippen molar-refractivity contribution in [3.63, 3.8) is 0 Å². The standard InChI is InChI=1S/C67H41NO/c1-2-17-50-48(15-1)49-16-3-4-18-51(49)58-41-46(39-40-52(50)58)68(45-37-35-43(36-38-45)42-31-33-44(34-32-42)47-23-14-30-64-65(47)57-22-8-12-29-63(57)69-64)62-28-13-24-56-55-21-7-11-27-61(55)67(66(56)62)59-25-9-5-19-53(59)54-20-6-10-26-60(54)67/h1-41H. The van der Waals surface area contributed by atoms with Gasteiger partial charge in [-0.15, -0.1) is 0 Å². The highest BCUT2D eigenvalue weighted by atomic mass is 16.3. The van der Waals surface area contributed by atoms with Crippen LogP contribution in [0, 0.1) is 0 Å². The van der Waals surface area contributed by atoms with Gasteiger partial charge in [0, 0.05) is 27.7 Å². The quantitative estimate of drug-likeness (QED) is 0.160. The first-order valence-electron chi connectivity index (χ1n) is 23.9. The molecule has 69 heavy (non-hydrogen) atoms. The predicted octanol–water partition coefficient (Wildman–Crippen LogP) is 18.2. The van der Waals surface area contributed by atoms with Crippen LogP contribution in [0.3, 0.4) is 0 Å². The Morgan fingerprint density at radius 2 is 0.725 bits per heavy atom.